The SMILES string of the molecule is COCC(=O)N1CCn2nc(/C=C3/C(=O)N4C(C(=O)O)=CS[C@H]34)cc2C1. The highest BCUT2D eigenvalue weighted by Crippen LogP contribution is 2.45. The molecule has 1 aromatic rings. The molecule has 0 aromatic carbocycles. The molecule has 2 amide bonds. The summed E-state index contributed by atoms with van der Waals surface area (Å²) in [6.07, 6.45) is 1.70. The molecule has 4 rings (SSSR count). The molecule has 3 aliphatic rings. The molecule has 136 valence electrons. The fraction of sp³-hybridized carbons (Fsp3) is 0.375. The smallest absolute Gasteiger partial charge is 0.353 e. The number of thioether (sulfide) groups is 1. The number of ether oxygens (including phenoxy) is 1. The van der Waals surface area contributed by atoms with E-state index in [-0.39, 0.29) is 29.5 Å². The van der Waals surface area contributed by atoms with Crippen molar-refractivity contribution in [2.75, 3.05) is 20.3 Å². The first-order valence-electron chi connectivity index (χ1n) is 7.97. The molecule has 0 bridgehead atoms. The van der Waals surface area contributed by atoms with Crippen LogP contribution in [-0.2, 0) is 32.2 Å². The standard InChI is InChI=1S/C16H16N4O5S/c1-25-7-13(21)18-2-3-19-10(6-18)4-9(17-19)5-11-14(22)20-12(16(23)24)8-26-15(11)20/h4-5,8,15H,2-3,6-7H2,1H3,(H,23,24)/b11-5-/t15-/m1/s1. The zero-order valence-electron chi connectivity index (χ0n) is 13.9. The minimum absolute atomic E-state index is 0.0126. The topological polar surface area (TPSA) is 105 Å². The van der Waals surface area contributed by atoms with Crippen LogP contribution in [0.4, 0.5) is 0 Å². The molecule has 1 saturated heterocycles. The van der Waals surface area contributed by atoms with Crippen molar-refractivity contribution in [1.82, 2.24) is 19.6 Å². The largest absolute Gasteiger partial charge is 0.477 e. The maximum absolute atomic E-state index is 12.3. The van der Waals surface area contributed by atoms with Crippen molar-refractivity contribution in [2.45, 2.75) is 18.5 Å². The van der Waals surface area contributed by atoms with Crippen LogP contribution in [0.25, 0.3) is 6.08 Å². The van der Waals surface area contributed by atoms with Crippen molar-refractivity contribution in [2.24, 2.45) is 0 Å². The zero-order chi connectivity index (χ0) is 18.4. The van der Waals surface area contributed by atoms with Crippen molar-refractivity contribution >= 4 is 35.6 Å². The molecule has 1 atom stereocenters. The molecule has 3 aliphatic heterocycles. The first-order chi connectivity index (χ1) is 12.5. The van der Waals surface area contributed by atoms with E-state index in [1.165, 1.54) is 29.2 Å². The zero-order valence-corrected chi connectivity index (χ0v) is 14.7. The molecule has 26 heavy (non-hydrogen) atoms. The predicted molar refractivity (Wildman–Crippen MR) is 91.4 cm³/mol. The van der Waals surface area contributed by atoms with E-state index < -0.39 is 5.97 Å². The van der Waals surface area contributed by atoms with Gasteiger partial charge in [0.05, 0.1) is 30.1 Å². The molecular formula is C16H16N4O5S. The second kappa shape index (κ2) is 6.29. The molecule has 4 heterocycles. The summed E-state index contributed by atoms with van der Waals surface area (Å²) in [7, 11) is 1.49. The van der Waals surface area contributed by atoms with Crippen molar-refractivity contribution in [3.8, 4) is 0 Å². The third-order valence-electron chi connectivity index (χ3n) is 4.49. The molecule has 0 unspecified atom stereocenters. The van der Waals surface area contributed by atoms with E-state index in [1.54, 1.807) is 11.0 Å². The number of aromatic nitrogens is 2. The van der Waals surface area contributed by atoms with Crippen molar-refractivity contribution in [3.63, 3.8) is 0 Å². The first-order valence-corrected chi connectivity index (χ1v) is 8.91. The summed E-state index contributed by atoms with van der Waals surface area (Å²) in [6, 6.07) is 1.85. The van der Waals surface area contributed by atoms with Gasteiger partial charge in [0.15, 0.2) is 0 Å². The summed E-state index contributed by atoms with van der Waals surface area (Å²) in [6.45, 7) is 1.63. The second-order valence-corrected chi connectivity index (χ2v) is 7.06. The lowest BCUT2D eigenvalue weighted by atomic mass is 10.0. The van der Waals surface area contributed by atoms with Gasteiger partial charge in [-0.15, -0.1) is 11.8 Å². The number of amides is 2. The lowest BCUT2D eigenvalue weighted by Crippen LogP contribution is -2.51. The van der Waals surface area contributed by atoms with E-state index in [4.69, 9.17) is 9.84 Å². The Hall–Kier alpha value is -2.59. The monoisotopic (exact) mass is 376 g/mol. The Labute approximate surface area is 152 Å². The van der Waals surface area contributed by atoms with Crippen LogP contribution in [0.5, 0.6) is 0 Å². The van der Waals surface area contributed by atoms with Gasteiger partial charge in [-0.2, -0.15) is 5.10 Å². The number of hydrogen-bond acceptors (Lipinski definition) is 6. The molecule has 10 heteroatoms. The van der Waals surface area contributed by atoms with Gasteiger partial charge < -0.3 is 14.7 Å². The molecule has 0 aliphatic carbocycles. The summed E-state index contributed by atoms with van der Waals surface area (Å²) in [5.74, 6) is -1.48. The molecular weight excluding hydrogens is 360 g/mol. The summed E-state index contributed by atoms with van der Waals surface area (Å²) in [4.78, 5) is 38.3. The van der Waals surface area contributed by atoms with E-state index >= 15 is 0 Å². The van der Waals surface area contributed by atoms with Gasteiger partial charge in [0.25, 0.3) is 5.91 Å². The summed E-state index contributed by atoms with van der Waals surface area (Å²) >= 11 is 1.30. The fourth-order valence-corrected chi connectivity index (χ4v) is 4.33. The molecule has 1 aromatic heterocycles. The predicted octanol–water partition coefficient (Wildman–Crippen LogP) is 0.0962. The highest BCUT2D eigenvalue weighted by Gasteiger charge is 2.49. The number of carboxylic acid groups (broad SMARTS) is 1. The number of aliphatic carboxylic acids is 1. The van der Waals surface area contributed by atoms with Crippen LogP contribution < -0.4 is 0 Å². The number of fused-ring (bicyclic) bond motifs is 2. The van der Waals surface area contributed by atoms with Crippen molar-refractivity contribution < 1.29 is 24.2 Å². The fourth-order valence-electron chi connectivity index (χ4n) is 3.21. The van der Waals surface area contributed by atoms with Crippen LogP contribution in [0, 0.1) is 0 Å². The van der Waals surface area contributed by atoms with E-state index in [0.29, 0.717) is 30.9 Å². The number of β-lactam (4-membered cyclic amide) rings is 1. The molecule has 1 N–H and O–H groups in total. The van der Waals surface area contributed by atoms with E-state index in [1.807, 2.05) is 10.7 Å². The molecule has 0 radical (unpaired) electrons. The molecule has 1 fully saturated rings. The Morgan fingerprint density at radius 2 is 2.27 bits per heavy atom. The van der Waals surface area contributed by atoms with Gasteiger partial charge in [0, 0.05) is 19.1 Å². The van der Waals surface area contributed by atoms with Gasteiger partial charge in [-0.25, -0.2) is 4.79 Å². The van der Waals surface area contributed by atoms with Gasteiger partial charge in [0.1, 0.15) is 17.7 Å². The Kier molecular flexibility index (Phi) is 4.08. The van der Waals surface area contributed by atoms with E-state index in [0.717, 1.165) is 5.69 Å². The second-order valence-electron chi connectivity index (χ2n) is 6.10. The van der Waals surface area contributed by atoms with Gasteiger partial charge >= 0.3 is 5.97 Å². The lowest BCUT2D eigenvalue weighted by Gasteiger charge is -2.36. The van der Waals surface area contributed by atoms with Crippen LogP contribution in [0.2, 0.25) is 0 Å². The minimum Gasteiger partial charge on any atom is -0.477 e. The molecule has 9 nitrogen and oxygen atoms in total. The van der Waals surface area contributed by atoms with Crippen LogP contribution in [-0.4, -0.2) is 68.1 Å². The van der Waals surface area contributed by atoms with Gasteiger partial charge in [0.2, 0.25) is 5.91 Å². The van der Waals surface area contributed by atoms with Crippen molar-refractivity contribution in [3.05, 3.63) is 34.1 Å². The average molecular weight is 376 g/mol. The number of carbonyl (C=O) groups excluding carboxylic acids is 2. The Morgan fingerprint density at radius 3 is 3.00 bits per heavy atom. The maximum atomic E-state index is 12.3. The third kappa shape index (κ3) is 2.61. The normalized spacial score (nSPS) is 22.8. The van der Waals surface area contributed by atoms with Crippen LogP contribution in [0.3, 0.4) is 0 Å². The van der Waals surface area contributed by atoms with Gasteiger partial charge in [-0.05, 0) is 12.1 Å². The maximum Gasteiger partial charge on any atom is 0.353 e. The third-order valence-corrected chi connectivity index (χ3v) is 5.58. The minimum atomic E-state index is -1.11. The summed E-state index contributed by atoms with van der Waals surface area (Å²) in [5, 5.41) is 14.8. The van der Waals surface area contributed by atoms with Crippen LogP contribution in [0.1, 0.15) is 11.4 Å². The van der Waals surface area contributed by atoms with Crippen molar-refractivity contribution in [1.29, 1.82) is 0 Å². The molecule has 0 saturated carbocycles. The summed E-state index contributed by atoms with van der Waals surface area (Å²) < 4.78 is 6.71. The van der Waals surface area contributed by atoms with E-state index in [2.05, 4.69) is 5.10 Å². The van der Waals surface area contributed by atoms with Gasteiger partial charge in [-0.1, -0.05) is 0 Å². The quantitative estimate of drug-likeness (QED) is 0.587. The molecule has 0 spiro atoms. The number of carbonyl (C=O) groups is 3. The number of nitrogens with zero attached hydrogens (tertiary/aromatic N) is 4. The average Bonchev–Trinajstić information content (AvgIpc) is 3.20. The number of hydrogen-bond donors (Lipinski definition) is 1. The number of rotatable bonds is 4. The van der Waals surface area contributed by atoms with E-state index in [9.17, 15) is 14.4 Å². The highest BCUT2D eigenvalue weighted by molar-refractivity contribution is 8.03. The van der Waals surface area contributed by atoms with Crippen LogP contribution in [0.15, 0.2) is 22.7 Å². The Bertz CT molecular complexity index is 874. The lowest BCUT2D eigenvalue weighted by molar-refractivity contribution is -0.141. The first kappa shape index (κ1) is 16.9. The van der Waals surface area contributed by atoms with Gasteiger partial charge in [-0.3, -0.25) is 19.2 Å². The Balaban J connectivity index is 1.50. The summed E-state index contributed by atoms with van der Waals surface area (Å²) in [5.41, 5.74) is 2.07. The number of methoxy groups -OCH3 is 1. The number of carboxylic acids is 1. The van der Waals surface area contributed by atoms with Crippen LogP contribution >= 0.6 is 11.8 Å². The highest BCUT2D eigenvalue weighted by atomic mass is 32.2. The Morgan fingerprint density at radius 1 is 1.46 bits per heavy atom.